The highest BCUT2D eigenvalue weighted by atomic mass is 28.6. The lowest BCUT2D eigenvalue weighted by molar-refractivity contribution is 0.0253. The van der Waals surface area contributed by atoms with E-state index in [4.69, 9.17) is 57.6 Å². The SMILES string of the molecule is C[Si]1(CCc2ccc(-c3cccc4ccccc34)cc2)O[Si]2(c3ccccc3)O[Si]3(c4ccccc4)O[Si]4(c5ccccc5)O[Si](C)(CCc5ccc(-c6cccc7ccccc67)cc5)O[Si]5(c6ccccc6)O[Si](c6ccccc6)(O[Si](c6ccccc6)(O1)O[Si](c1ccccc1)(O5)O[Si](c1ccccc1)(O2)O4)O3. The molecular formula is C86H76O14Si10. The highest BCUT2D eigenvalue weighted by molar-refractivity contribution is 7.12. The third-order valence-electron chi connectivity index (χ3n) is 21.0. The molecule has 0 atom stereocenters. The van der Waals surface area contributed by atoms with Gasteiger partial charge in [0.2, 0.25) is 0 Å². The molecule has 6 aliphatic heterocycles. The van der Waals surface area contributed by atoms with Gasteiger partial charge in [0.25, 0.3) is 0 Å². The van der Waals surface area contributed by atoms with Gasteiger partial charge in [0.05, 0.1) is 0 Å². The second-order valence-electron chi connectivity index (χ2n) is 28.5. The molecular weight excluding hydrogens is 1540 g/mol. The molecule has 6 saturated heterocycles. The van der Waals surface area contributed by atoms with Gasteiger partial charge < -0.3 is 57.6 Å². The summed E-state index contributed by atoms with van der Waals surface area (Å²) < 4.78 is 123. The fourth-order valence-corrected chi connectivity index (χ4v) is 72.2. The second-order valence-corrected chi connectivity index (χ2v) is 59.0. The first-order chi connectivity index (χ1) is 53.8. The highest BCUT2D eigenvalue weighted by Crippen LogP contribution is 2.49. The van der Waals surface area contributed by atoms with Crippen LogP contribution in [0.15, 0.2) is 376 Å². The molecule has 0 N–H and O–H groups in total. The van der Waals surface area contributed by atoms with Crippen molar-refractivity contribution in [1.29, 1.82) is 0 Å². The topological polar surface area (TPSA) is 129 Å². The third-order valence-corrected chi connectivity index (χ3v) is 64.3. The van der Waals surface area contributed by atoms with Gasteiger partial charge in [0, 0.05) is 41.5 Å². The molecule has 0 saturated carbocycles. The molecule has 20 rings (SSSR count). The Balaban J connectivity index is 0.924. The number of hydrogen-bond donors (Lipinski definition) is 0. The molecule has 110 heavy (non-hydrogen) atoms. The Labute approximate surface area is 650 Å². The number of aryl methyl sites for hydroxylation is 2. The van der Waals surface area contributed by atoms with Crippen molar-refractivity contribution in [3.8, 4) is 22.3 Å². The van der Waals surface area contributed by atoms with Crippen LogP contribution in [-0.2, 0) is 70.5 Å². The molecule has 0 radical (unpaired) electrons. The van der Waals surface area contributed by atoms with Crippen molar-refractivity contribution < 1.29 is 57.6 Å². The fourth-order valence-electron chi connectivity index (χ4n) is 15.6. The summed E-state index contributed by atoms with van der Waals surface area (Å²) in [6.45, 7) is 4.17. The zero-order valence-electron chi connectivity index (χ0n) is 60.3. The summed E-state index contributed by atoms with van der Waals surface area (Å²) in [7, 11) is -50.5. The summed E-state index contributed by atoms with van der Waals surface area (Å²) in [5, 5.41) is 8.91. The molecule has 0 unspecified atom stereocenters. The summed E-state index contributed by atoms with van der Waals surface area (Å²) in [6, 6.07) is 127. The summed E-state index contributed by atoms with van der Waals surface area (Å²) in [5.74, 6) is 0. The molecule has 0 amide bonds. The quantitative estimate of drug-likeness (QED) is 0.0851. The van der Waals surface area contributed by atoms with Crippen LogP contribution in [0, 0.1) is 0 Å². The summed E-state index contributed by atoms with van der Waals surface area (Å²) >= 11 is 0. The fraction of sp³-hybridized carbons (Fsp3) is 0.0698. The first-order valence-corrected chi connectivity index (χ1v) is 56.0. The lowest BCUT2D eigenvalue weighted by Gasteiger charge is -2.61. The smallest absolute Gasteiger partial charge is 0.391 e. The lowest BCUT2D eigenvalue weighted by Crippen LogP contribution is -2.93. The van der Waals surface area contributed by atoms with Crippen LogP contribution >= 0.6 is 0 Å². The van der Waals surface area contributed by atoms with Gasteiger partial charge in [-0.05, 0) is 92.9 Å². The van der Waals surface area contributed by atoms with Crippen molar-refractivity contribution >= 4 is 151 Å². The molecule has 6 heterocycles. The summed E-state index contributed by atoms with van der Waals surface area (Å²) in [6.07, 6.45) is 0.921. The van der Waals surface area contributed by atoms with E-state index in [0.29, 0.717) is 66.4 Å². The first-order valence-electron chi connectivity index (χ1n) is 37.2. The summed E-state index contributed by atoms with van der Waals surface area (Å²) in [4.78, 5) is 0. The van der Waals surface area contributed by atoms with Crippen molar-refractivity contribution in [3.63, 3.8) is 0 Å². The minimum absolute atomic E-state index is 0.293. The van der Waals surface area contributed by atoms with Crippen LogP contribution in [-0.4, -0.2) is 87.6 Å². The van der Waals surface area contributed by atoms with Crippen molar-refractivity contribution in [2.75, 3.05) is 0 Å². The standard InChI is InChI=1S/C86H76O14Si10/c1-101(67-65-69-57-61-73(62-58-69)85-55-31-35-71-33-27-29-53-83(71)85)87-103(75-37-11-3-12-38-75)91-107(79-45-19-7-20-46-79)95-105(77-41-15-5-16-42-77)89-102(2,68-66-70-59-63-74(64-60-70)86-56-32-36-72-34-28-30-54-84(72)86)90-106(78-43-17-6-18-44-78)97-109(99-107,81-49-23-9-24-50-81)93-104(88-101,76-39-13-4-14-40-76)94-110(98-106,82-51-25-10-26-52-82)100-108(92-103,96-105)80-47-21-8-22-48-80/h3-64H,65-68H2,1-2H3. The monoisotopic (exact) mass is 1610 g/mol. The van der Waals surface area contributed by atoms with E-state index in [2.05, 4.69) is 147 Å². The van der Waals surface area contributed by atoms with Crippen molar-refractivity contribution in [2.24, 2.45) is 0 Å². The maximum atomic E-state index is 8.85. The molecule has 0 aromatic heterocycles. The second kappa shape index (κ2) is 28.8. The number of benzene rings is 14. The molecule has 0 aliphatic carbocycles. The Kier molecular flexibility index (Phi) is 18.7. The van der Waals surface area contributed by atoms with Crippen LogP contribution in [0.2, 0.25) is 25.2 Å². The van der Waals surface area contributed by atoms with Gasteiger partial charge in [0.15, 0.2) is 0 Å². The van der Waals surface area contributed by atoms with Crippen LogP contribution in [0.25, 0.3) is 43.8 Å². The first kappa shape index (κ1) is 71.5. The van der Waals surface area contributed by atoms with Gasteiger partial charge >= 0.3 is 87.6 Å². The largest absolute Gasteiger partial charge is 0.515 e. The van der Waals surface area contributed by atoms with Crippen LogP contribution in [0.4, 0.5) is 0 Å². The van der Waals surface area contributed by atoms with Gasteiger partial charge in [-0.2, -0.15) is 0 Å². The Bertz CT molecular complexity index is 5020. The Morgan fingerprint density at radius 1 is 0.182 bits per heavy atom. The van der Waals surface area contributed by atoms with E-state index in [1.807, 2.05) is 243 Å². The number of fused-ring (bicyclic) bond motifs is 6. The van der Waals surface area contributed by atoms with E-state index in [0.717, 1.165) is 33.4 Å². The van der Waals surface area contributed by atoms with E-state index < -0.39 is 87.6 Å². The van der Waals surface area contributed by atoms with Crippen LogP contribution in [0.3, 0.4) is 0 Å². The summed E-state index contributed by atoms with van der Waals surface area (Å²) in [5.41, 5.74) is 6.53. The maximum Gasteiger partial charge on any atom is 0.515 e. The van der Waals surface area contributed by atoms with E-state index in [-0.39, 0.29) is 0 Å². The van der Waals surface area contributed by atoms with Crippen molar-refractivity contribution in [3.05, 3.63) is 387 Å². The molecule has 6 aliphatic rings. The molecule has 8 bridgehead atoms. The van der Waals surface area contributed by atoms with E-state index in [1.54, 1.807) is 0 Å². The third kappa shape index (κ3) is 13.2. The number of rotatable bonds is 16. The Hall–Kier alpha value is -8.79. The molecule has 14 aromatic rings. The van der Waals surface area contributed by atoms with Gasteiger partial charge in [-0.15, -0.1) is 0 Å². The van der Waals surface area contributed by atoms with Crippen LogP contribution in [0.5, 0.6) is 0 Å². The Morgan fingerprint density at radius 2 is 0.373 bits per heavy atom. The minimum atomic E-state index is -5.32. The van der Waals surface area contributed by atoms with Gasteiger partial charge in [-0.25, -0.2) is 0 Å². The predicted molar refractivity (Wildman–Crippen MR) is 449 cm³/mol. The van der Waals surface area contributed by atoms with Crippen LogP contribution in [0.1, 0.15) is 11.1 Å². The van der Waals surface area contributed by atoms with Crippen LogP contribution < -0.4 is 41.5 Å². The maximum absolute atomic E-state index is 8.85. The molecule has 14 nitrogen and oxygen atoms in total. The van der Waals surface area contributed by atoms with Crippen molar-refractivity contribution in [2.45, 2.75) is 38.0 Å². The molecule has 0 spiro atoms. The predicted octanol–water partition coefficient (Wildman–Crippen LogP) is 13.3. The van der Waals surface area contributed by atoms with E-state index in [1.165, 1.54) is 21.5 Å². The zero-order chi connectivity index (χ0) is 74.0. The zero-order valence-corrected chi connectivity index (χ0v) is 70.3. The Morgan fingerprint density at radius 3 is 0.600 bits per heavy atom. The molecule has 14 aromatic carbocycles. The van der Waals surface area contributed by atoms with Gasteiger partial charge in [-0.3, -0.25) is 0 Å². The van der Waals surface area contributed by atoms with E-state index in [9.17, 15) is 0 Å². The lowest BCUT2D eigenvalue weighted by atomic mass is 9.97. The van der Waals surface area contributed by atoms with Gasteiger partial charge in [0.1, 0.15) is 0 Å². The molecule has 6 fully saturated rings. The average Bonchev–Trinajstić information content (AvgIpc) is 0.675. The normalized spacial score (nSPS) is 28.5. The van der Waals surface area contributed by atoms with E-state index >= 15 is 0 Å². The molecule has 24 heteroatoms. The average molecular weight is 1610 g/mol. The van der Waals surface area contributed by atoms with Crippen molar-refractivity contribution in [1.82, 2.24) is 0 Å². The van der Waals surface area contributed by atoms with Gasteiger partial charge in [-0.1, -0.05) is 376 Å². The minimum Gasteiger partial charge on any atom is -0.391 e. The highest BCUT2D eigenvalue weighted by Gasteiger charge is 2.83. The molecule has 544 valence electrons. The number of hydrogen-bond acceptors (Lipinski definition) is 14.